The van der Waals surface area contributed by atoms with Crippen molar-refractivity contribution in [1.82, 2.24) is 0 Å². The fourth-order valence-corrected chi connectivity index (χ4v) is 5.67. The van der Waals surface area contributed by atoms with Crippen LogP contribution in [-0.4, -0.2) is 35.7 Å². The van der Waals surface area contributed by atoms with E-state index >= 15 is 0 Å². The maximum atomic E-state index is 12.5. The molecule has 4 atom stereocenters. The van der Waals surface area contributed by atoms with Gasteiger partial charge in [0.2, 0.25) is 0 Å². The highest BCUT2D eigenvalue weighted by molar-refractivity contribution is 5.89. The first-order chi connectivity index (χ1) is 15.1. The average molecular weight is 413 g/mol. The summed E-state index contributed by atoms with van der Waals surface area (Å²) in [5.74, 6) is -0.183. The van der Waals surface area contributed by atoms with Crippen molar-refractivity contribution in [3.8, 4) is 11.1 Å². The van der Waals surface area contributed by atoms with Gasteiger partial charge in [0.05, 0.1) is 24.7 Å². The molecule has 0 aromatic heterocycles. The predicted octanol–water partition coefficient (Wildman–Crippen LogP) is 5.85. The number of ether oxygens (including phenoxy) is 1. The van der Waals surface area contributed by atoms with Crippen LogP contribution in [0.3, 0.4) is 0 Å². The molecule has 2 aliphatic heterocycles. The number of benzene rings is 3. The molecular weight excluding hydrogens is 382 g/mol. The van der Waals surface area contributed by atoms with Gasteiger partial charge in [0.15, 0.2) is 0 Å². The zero-order chi connectivity index (χ0) is 21.3. The van der Waals surface area contributed by atoms with E-state index in [9.17, 15) is 4.79 Å². The van der Waals surface area contributed by atoms with Crippen molar-refractivity contribution < 1.29 is 14.0 Å². The summed E-state index contributed by atoms with van der Waals surface area (Å²) in [7, 11) is 2.41. The molecule has 2 unspecified atom stereocenters. The highest BCUT2D eigenvalue weighted by Crippen LogP contribution is 2.43. The molecule has 2 saturated heterocycles. The largest absolute Gasteiger partial charge is 0.458 e. The van der Waals surface area contributed by atoms with E-state index in [1.807, 2.05) is 30.3 Å². The van der Waals surface area contributed by atoms with Crippen molar-refractivity contribution in [1.29, 1.82) is 0 Å². The van der Waals surface area contributed by atoms with Crippen LogP contribution in [-0.2, 0) is 11.3 Å². The fourth-order valence-electron chi connectivity index (χ4n) is 5.67. The van der Waals surface area contributed by atoms with Gasteiger partial charge in [-0.1, -0.05) is 72.8 Å². The van der Waals surface area contributed by atoms with Gasteiger partial charge in [-0.2, -0.15) is 0 Å². The number of fused-ring (bicyclic) bond motifs is 2. The number of rotatable bonds is 5. The molecule has 3 aromatic carbocycles. The van der Waals surface area contributed by atoms with Gasteiger partial charge in [0.25, 0.3) is 0 Å². The van der Waals surface area contributed by atoms with Crippen molar-refractivity contribution in [2.75, 3.05) is 7.05 Å². The van der Waals surface area contributed by atoms with Crippen molar-refractivity contribution in [2.24, 2.45) is 0 Å². The summed E-state index contributed by atoms with van der Waals surface area (Å²) in [5, 5.41) is 0. The van der Waals surface area contributed by atoms with Gasteiger partial charge in [-0.25, -0.2) is 4.79 Å². The van der Waals surface area contributed by atoms with Crippen LogP contribution in [0.4, 0.5) is 0 Å². The SMILES string of the molecule is C[N+]1(Cc2ccc(-c3ccccc3)cc2)[C@@H]2CC[C@H]1CC(OC(=O)c1ccccc1)C2. The van der Waals surface area contributed by atoms with E-state index in [0.717, 1.165) is 23.9 Å². The Bertz CT molecular complexity index is 1020. The van der Waals surface area contributed by atoms with Crippen LogP contribution in [0.1, 0.15) is 41.6 Å². The van der Waals surface area contributed by atoms with Gasteiger partial charge in [0, 0.05) is 31.2 Å². The van der Waals surface area contributed by atoms with Gasteiger partial charge < -0.3 is 9.22 Å². The summed E-state index contributed by atoms with van der Waals surface area (Å²) in [6.07, 6.45) is 4.42. The van der Waals surface area contributed by atoms with Gasteiger partial charge in [0.1, 0.15) is 12.6 Å². The Hall–Kier alpha value is -2.91. The predicted molar refractivity (Wildman–Crippen MR) is 123 cm³/mol. The molecule has 0 radical (unpaired) electrons. The van der Waals surface area contributed by atoms with Crippen LogP contribution < -0.4 is 0 Å². The lowest BCUT2D eigenvalue weighted by Gasteiger charge is -2.47. The molecule has 2 aliphatic rings. The zero-order valence-corrected chi connectivity index (χ0v) is 18.1. The van der Waals surface area contributed by atoms with Crippen LogP contribution in [0, 0.1) is 0 Å². The Balaban J connectivity index is 1.25. The van der Waals surface area contributed by atoms with Crippen molar-refractivity contribution in [3.63, 3.8) is 0 Å². The number of esters is 1. The summed E-state index contributed by atoms with van der Waals surface area (Å²) in [6, 6.07) is 30.1. The molecule has 0 spiro atoms. The number of carbonyl (C=O) groups is 1. The summed E-state index contributed by atoms with van der Waals surface area (Å²) in [5.41, 5.74) is 4.56. The Morgan fingerprint density at radius 1 is 0.806 bits per heavy atom. The molecular formula is C28H30NO2+. The molecule has 2 fully saturated rings. The summed E-state index contributed by atoms with van der Waals surface area (Å²) in [4.78, 5) is 12.5. The maximum absolute atomic E-state index is 12.5. The number of nitrogens with zero attached hydrogens (tertiary/aromatic N) is 1. The number of hydrogen-bond acceptors (Lipinski definition) is 2. The Kier molecular flexibility index (Phi) is 5.37. The second-order valence-electron chi connectivity index (χ2n) is 9.32. The molecule has 2 heterocycles. The van der Waals surface area contributed by atoms with Gasteiger partial charge in [-0.15, -0.1) is 0 Å². The minimum Gasteiger partial charge on any atom is -0.458 e. The quantitative estimate of drug-likeness (QED) is 0.388. The first-order valence-corrected chi connectivity index (χ1v) is 11.4. The summed E-state index contributed by atoms with van der Waals surface area (Å²) in [6.45, 7) is 1.05. The van der Waals surface area contributed by atoms with Gasteiger partial charge in [-0.05, 0) is 23.3 Å². The van der Waals surface area contributed by atoms with E-state index in [0.29, 0.717) is 17.6 Å². The zero-order valence-electron chi connectivity index (χ0n) is 18.1. The summed E-state index contributed by atoms with van der Waals surface area (Å²) >= 11 is 0. The number of quaternary nitrogens is 1. The molecule has 3 heteroatoms. The lowest BCUT2D eigenvalue weighted by atomic mass is 9.95. The molecule has 0 amide bonds. The first-order valence-electron chi connectivity index (χ1n) is 11.4. The third-order valence-corrected chi connectivity index (χ3v) is 7.44. The molecule has 5 rings (SSSR count). The third-order valence-electron chi connectivity index (χ3n) is 7.44. The monoisotopic (exact) mass is 412 g/mol. The Morgan fingerprint density at radius 2 is 1.35 bits per heavy atom. The maximum Gasteiger partial charge on any atom is 0.338 e. The number of carbonyl (C=O) groups excluding carboxylic acids is 1. The minimum absolute atomic E-state index is 0.0388. The van der Waals surface area contributed by atoms with Crippen LogP contribution in [0.5, 0.6) is 0 Å². The van der Waals surface area contributed by atoms with Crippen LogP contribution in [0.2, 0.25) is 0 Å². The molecule has 0 N–H and O–H groups in total. The van der Waals surface area contributed by atoms with E-state index in [1.165, 1.54) is 29.5 Å². The minimum atomic E-state index is -0.183. The second-order valence-corrected chi connectivity index (χ2v) is 9.32. The van der Waals surface area contributed by atoms with Gasteiger partial charge in [-0.3, -0.25) is 0 Å². The lowest BCUT2D eigenvalue weighted by Crippen LogP contribution is -2.58. The van der Waals surface area contributed by atoms with Crippen molar-refractivity contribution in [3.05, 3.63) is 96.1 Å². The Morgan fingerprint density at radius 3 is 1.97 bits per heavy atom. The summed E-state index contributed by atoms with van der Waals surface area (Å²) < 4.78 is 6.99. The first kappa shape index (κ1) is 20.0. The average Bonchev–Trinajstić information content (AvgIpc) is 2.97. The van der Waals surface area contributed by atoms with E-state index in [1.54, 1.807) is 0 Å². The fraction of sp³-hybridized carbons (Fsp3) is 0.321. The molecule has 3 nitrogen and oxygen atoms in total. The van der Waals surface area contributed by atoms with Crippen LogP contribution >= 0.6 is 0 Å². The molecule has 31 heavy (non-hydrogen) atoms. The standard InChI is InChI=1S/C28H30NO2/c1-29(20-21-12-14-23(15-13-21)22-8-4-2-5-9-22)25-16-17-26(29)19-27(18-25)31-28(30)24-10-6-3-7-11-24/h2-15,25-27H,16-20H2,1H3/q+1/t25-,26+,27?,29?. The molecule has 0 saturated carbocycles. The molecule has 3 aromatic rings. The van der Waals surface area contributed by atoms with Gasteiger partial charge >= 0.3 is 5.97 Å². The van der Waals surface area contributed by atoms with Crippen molar-refractivity contribution in [2.45, 2.75) is 50.4 Å². The number of piperidine rings is 1. The normalized spacial score (nSPS) is 27.1. The third kappa shape index (κ3) is 4.03. The Labute approximate surface area is 184 Å². The topological polar surface area (TPSA) is 26.3 Å². The molecule has 0 aliphatic carbocycles. The van der Waals surface area contributed by atoms with E-state index < -0.39 is 0 Å². The highest BCUT2D eigenvalue weighted by Gasteiger charge is 2.52. The lowest BCUT2D eigenvalue weighted by molar-refractivity contribution is -0.961. The van der Waals surface area contributed by atoms with E-state index in [4.69, 9.17) is 4.74 Å². The van der Waals surface area contributed by atoms with E-state index in [-0.39, 0.29) is 12.1 Å². The molecule has 158 valence electrons. The van der Waals surface area contributed by atoms with Crippen LogP contribution in [0.25, 0.3) is 11.1 Å². The smallest absolute Gasteiger partial charge is 0.338 e. The number of hydrogen-bond donors (Lipinski definition) is 0. The van der Waals surface area contributed by atoms with Crippen molar-refractivity contribution >= 4 is 5.97 Å². The van der Waals surface area contributed by atoms with E-state index in [2.05, 4.69) is 61.6 Å². The second kappa shape index (κ2) is 8.32. The van der Waals surface area contributed by atoms with Crippen LogP contribution in [0.15, 0.2) is 84.9 Å². The molecule has 2 bridgehead atoms. The highest BCUT2D eigenvalue weighted by atomic mass is 16.5.